The van der Waals surface area contributed by atoms with Crippen LogP contribution in [0.25, 0.3) is 0 Å². The molecule has 5 heteroatoms. The Balaban J connectivity index is 2.81. The molecule has 18 heavy (non-hydrogen) atoms. The third-order valence-electron chi connectivity index (χ3n) is 2.95. The molecular weight excluding hydrogens is 232 g/mol. The lowest BCUT2D eigenvalue weighted by Crippen LogP contribution is -2.35. The monoisotopic (exact) mass is 250 g/mol. The molecule has 0 amide bonds. The molecule has 1 aromatic heterocycles. The number of ketones is 1. The van der Waals surface area contributed by atoms with Gasteiger partial charge in [-0.2, -0.15) is 0 Å². The van der Waals surface area contributed by atoms with Gasteiger partial charge >= 0.3 is 5.97 Å². The van der Waals surface area contributed by atoms with Crippen molar-refractivity contribution in [1.82, 2.24) is 4.98 Å². The molecule has 0 fully saturated rings. The summed E-state index contributed by atoms with van der Waals surface area (Å²) >= 11 is 0. The lowest BCUT2D eigenvalue weighted by Gasteiger charge is -2.20. The number of rotatable bonds is 6. The number of hydrogen-bond acceptors (Lipinski definition) is 4. The molecule has 0 spiro atoms. The Morgan fingerprint density at radius 3 is 2.50 bits per heavy atom. The van der Waals surface area contributed by atoms with Crippen LogP contribution in [0.1, 0.15) is 37.6 Å². The van der Waals surface area contributed by atoms with Gasteiger partial charge in [0, 0.05) is 11.8 Å². The third kappa shape index (κ3) is 3.55. The van der Waals surface area contributed by atoms with E-state index in [9.17, 15) is 9.59 Å². The zero-order chi connectivity index (χ0) is 13.7. The van der Waals surface area contributed by atoms with Crippen LogP contribution < -0.4 is 5.32 Å². The Morgan fingerprint density at radius 1 is 1.44 bits per heavy atom. The maximum absolute atomic E-state index is 11.1. The molecule has 0 aromatic carbocycles. The normalized spacial score (nSPS) is 13.7. The van der Waals surface area contributed by atoms with Gasteiger partial charge in [0.15, 0.2) is 5.78 Å². The first-order valence-corrected chi connectivity index (χ1v) is 5.92. The smallest absolute Gasteiger partial charge is 0.326 e. The zero-order valence-electron chi connectivity index (χ0n) is 10.8. The van der Waals surface area contributed by atoms with Gasteiger partial charge in [0.2, 0.25) is 0 Å². The summed E-state index contributed by atoms with van der Waals surface area (Å²) in [4.78, 5) is 26.3. The minimum Gasteiger partial charge on any atom is -0.480 e. The number of carbonyl (C=O) groups is 2. The summed E-state index contributed by atoms with van der Waals surface area (Å²) in [6.45, 7) is 5.27. The number of nitrogens with zero attached hydrogens (tertiary/aromatic N) is 1. The minimum absolute atomic E-state index is 0.00298. The minimum atomic E-state index is -0.901. The average molecular weight is 250 g/mol. The van der Waals surface area contributed by atoms with Crippen molar-refractivity contribution in [3.63, 3.8) is 0 Å². The second-order valence-electron chi connectivity index (χ2n) is 4.33. The molecule has 0 aliphatic heterocycles. The number of carboxylic acid groups (broad SMARTS) is 1. The van der Waals surface area contributed by atoms with E-state index in [1.54, 1.807) is 12.1 Å². The van der Waals surface area contributed by atoms with E-state index in [1.807, 2.05) is 13.8 Å². The Labute approximate surface area is 106 Å². The van der Waals surface area contributed by atoms with E-state index in [2.05, 4.69) is 10.3 Å². The molecule has 5 nitrogen and oxygen atoms in total. The quantitative estimate of drug-likeness (QED) is 0.756. The summed E-state index contributed by atoms with van der Waals surface area (Å²) in [5.74, 6) is -0.503. The lowest BCUT2D eigenvalue weighted by atomic mass is 9.99. The van der Waals surface area contributed by atoms with Gasteiger partial charge in [-0.3, -0.25) is 4.79 Å². The molecule has 2 N–H and O–H groups in total. The van der Waals surface area contributed by atoms with E-state index < -0.39 is 12.0 Å². The standard InChI is InChI=1S/C13H18N2O3/c1-4-8(2)12(13(17)18)15-11-6-5-10(7-14-11)9(3)16/h5-8,12H,4H2,1-3H3,(H,14,15)(H,17,18)/t8-,12-/m0/s1. The molecule has 0 aliphatic rings. The molecule has 0 saturated heterocycles. The second-order valence-corrected chi connectivity index (χ2v) is 4.33. The molecule has 0 saturated carbocycles. The molecular formula is C13H18N2O3. The van der Waals surface area contributed by atoms with Crippen molar-refractivity contribution in [2.75, 3.05) is 5.32 Å². The molecule has 0 radical (unpaired) electrons. The van der Waals surface area contributed by atoms with Crippen LogP contribution in [0.2, 0.25) is 0 Å². The highest BCUT2D eigenvalue weighted by Gasteiger charge is 2.23. The highest BCUT2D eigenvalue weighted by Crippen LogP contribution is 2.14. The maximum Gasteiger partial charge on any atom is 0.326 e. The number of anilines is 1. The largest absolute Gasteiger partial charge is 0.480 e. The van der Waals surface area contributed by atoms with E-state index in [0.717, 1.165) is 6.42 Å². The summed E-state index contributed by atoms with van der Waals surface area (Å²) < 4.78 is 0. The molecule has 2 atom stereocenters. The van der Waals surface area contributed by atoms with Crippen LogP contribution in [0.4, 0.5) is 5.82 Å². The number of aromatic nitrogens is 1. The highest BCUT2D eigenvalue weighted by atomic mass is 16.4. The van der Waals surface area contributed by atoms with Gasteiger partial charge in [0.1, 0.15) is 11.9 Å². The molecule has 1 rings (SSSR count). The topological polar surface area (TPSA) is 79.3 Å². The Hall–Kier alpha value is -1.91. The van der Waals surface area contributed by atoms with Gasteiger partial charge in [0.25, 0.3) is 0 Å². The molecule has 0 aliphatic carbocycles. The van der Waals surface area contributed by atoms with Gasteiger partial charge in [-0.15, -0.1) is 0 Å². The third-order valence-corrected chi connectivity index (χ3v) is 2.95. The predicted molar refractivity (Wildman–Crippen MR) is 68.7 cm³/mol. The summed E-state index contributed by atoms with van der Waals surface area (Å²) in [5.41, 5.74) is 0.510. The zero-order valence-corrected chi connectivity index (χ0v) is 10.8. The number of pyridine rings is 1. The van der Waals surface area contributed by atoms with Crippen LogP contribution in [-0.4, -0.2) is 27.9 Å². The summed E-state index contributed by atoms with van der Waals surface area (Å²) in [7, 11) is 0. The maximum atomic E-state index is 11.1. The predicted octanol–water partition coefficient (Wildman–Crippen LogP) is 2.20. The van der Waals surface area contributed by atoms with Crippen LogP contribution in [0, 0.1) is 5.92 Å². The fourth-order valence-corrected chi connectivity index (χ4v) is 1.53. The SMILES string of the molecule is CC[C@H](C)[C@H](Nc1ccc(C(C)=O)cn1)C(=O)O. The second kappa shape index (κ2) is 6.14. The van der Waals surface area contributed by atoms with E-state index in [1.165, 1.54) is 13.1 Å². The number of carboxylic acids is 1. The van der Waals surface area contributed by atoms with Gasteiger partial charge in [0.05, 0.1) is 0 Å². The van der Waals surface area contributed by atoms with Gasteiger partial charge in [-0.05, 0) is 25.0 Å². The van der Waals surface area contributed by atoms with Crippen molar-refractivity contribution in [3.05, 3.63) is 23.9 Å². The first-order valence-electron chi connectivity index (χ1n) is 5.92. The van der Waals surface area contributed by atoms with Crippen LogP contribution in [-0.2, 0) is 4.79 Å². The fourth-order valence-electron chi connectivity index (χ4n) is 1.53. The van der Waals surface area contributed by atoms with Crippen LogP contribution in [0.3, 0.4) is 0 Å². The molecule has 0 unspecified atom stereocenters. The number of carbonyl (C=O) groups excluding carboxylic acids is 1. The summed E-state index contributed by atoms with van der Waals surface area (Å²) in [6, 6.07) is 2.58. The van der Waals surface area contributed by atoms with Crippen molar-refractivity contribution in [2.24, 2.45) is 5.92 Å². The first kappa shape index (κ1) is 14.2. The summed E-state index contributed by atoms with van der Waals surface area (Å²) in [5, 5.41) is 12.0. The van der Waals surface area contributed by atoms with Gasteiger partial charge in [-0.1, -0.05) is 20.3 Å². The van der Waals surface area contributed by atoms with E-state index in [4.69, 9.17) is 5.11 Å². The highest BCUT2D eigenvalue weighted by molar-refractivity contribution is 5.93. The molecule has 1 aromatic rings. The van der Waals surface area contributed by atoms with Crippen LogP contribution in [0.5, 0.6) is 0 Å². The average Bonchev–Trinajstić information content (AvgIpc) is 2.35. The van der Waals surface area contributed by atoms with Gasteiger partial charge in [-0.25, -0.2) is 9.78 Å². The lowest BCUT2D eigenvalue weighted by molar-refractivity contribution is -0.139. The Kier molecular flexibility index (Phi) is 4.83. The van der Waals surface area contributed by atoms with Crippen molar-refractivity contribution in [1.29, 1.82) is 0 Å². The number of Topliss-reactive ketones (excluding diaryl/α,β-unsaturated/α-hetero) is 1. The first-order chi connectivity index (χ1) is 8.45. The number of hydrogen-bond donors (Lipinski definition) is 2. The Bertz CT molecular complexity index is 428. The van der Waals surface area contributed by atoms with Crippen molar-refractivity contribution in [2.45, 2.75) is 33.2 Å². The Morgan fingerprint density at radius 2 is 2.11 bits per heavy atom. The number of nitrogens with one attached hydrogen (secondary N) is 1. The fraction of sp³-hybridized carbons (Fsp3) is 0.462. The van der Waals surface area contributed by atoms with Crippen LogP contribution >= 0.6 is 0 Å². The van der Waals surface area contributed by atoms with Crippen LogP contribution in [0.15, 0.2) is 18.3 Å². The van der Waals surface area contributed by atoms with E-state index >= 15 is 0 Å². The van der Waals surface area contributed by atoms with E-state index in [0.29, 0.717) is 11.4 Å². The van der Waals surface area contributed by atoms with Crippen molar-refractivity contribution in [3.8, 4) is 0 Å². The molecule has 1 heterocycles. The van der Waals surface area contributed by atoms with Gasteiger partial charge < -0.3 is 10.4 Å². The van der Waals surface area contributed by atoms with Crippen molar-refractivity contribution < 1.29 is 14.7 Å². The summed E-state index contributed by atoms with van der Waals surface area (Å²) in [6.07, 6.45) is 2.20. The molecule has 0 bridgehead atoms. The van der Waals surface area contributed by atoms with Crippen molar-refractivity contribution >= 4 is 17.6 Å². The van der Waals surface area contributed by atoms with E-state index in [-0.39, 0.29) is 11.7 Å². The number of aliphatic carboxylic acids is 1. The molecule has 98 valence electrons.